The Morgan fingerprint density at radius 2 is 2.19 bits per heavy atom. The standard InChI is InChI=1S/C19H27FN4O2/c1-4-16-11(3)15-7-14(20)6-12(17(15)23-16)8-21-9-13-10-22-24-18(13)19(25)26-5-2/h6-7,13,18,21-24H,4-5,8-10H2,1-3H3. The first kappa shape index (κ1) is 18.8. The second kappa shape index (κ2) is 8.16. The van der Waals surface area contributed by atoms with Gasteiger partial charge in [-0.15, -0.1) is 0 Å². The van der Waals surface area contributed by atoms with Gasteiger partial charge in [0, 0.05) is 36.6 Å². The summed E-state index contributed by atoms with van der Waals surface area (Å²) in [7, 11) is 0. The van der Waals surface area contributed by atoms with Gasteiger partial charge in [-0.1, -0.05) is 6.92 Å². The number of carbonyl (C=O) groups excluding carboxylic acids is 1. The van der Waals surface area contributed by atoms with Crippen molar-refractivity contribution in [2.45, 2.75) is 39.8 Å². The molecule has 0 saturated carbocycles. The number of nitrogens with one attached hydrogen (secondary N) is 4. The fourth-order valence-corrected chi connectivity index (χ4v) is 3.61. The van der Waals surface area contributed by atoms with Crippen molar-refractivity contribution in [3.05, 3.63) is 34.8 Å². The quantitative estimate of drug-likeness (QED) is 0.566. The number of H-pyrrole nitrogens is 1. The summed E-state index contributed by atoms with van der Waals surface area (Å²) in [5.74, 6) is -0.396. The lowest BCUT2D eigenvalue weighted by molar-refractivity contribution is -0.146. The lowest BCUT2D eigenvalue weighted by Crippen LogP contribution is -2.42. The average Bonchev–Trinajstić information content (AvgIpc) is 3.20. The molecule has 0 spiro atoms. The smallest absolute Gasteiger partial charge is 0.324 e. The highest BCUT2D eigenvalue weighted by atomic mass is 19.1. The molecule has 1 aliphatic rings. The molecule has 2 atom stereocenters. The highest BCUT2D eigenvalue weighted by Gasteiger charge is 2.33. The Balaban J connectivity index is 1.69. The van der Waals surface area contributed by atoms with E-state index in [1.54, 1.807) is 19.1 Å². The number of halogens is 1. The van der Waals surface area contributed by atoms with Crippen molar-refractivity contribution >= 4 is 16.9 Å². The summed E-state index contributed by atoms with van der Waals surface area (Å²) in [5, 5.41) is 4.30. The zero-order valence-corrected chi connectivity index (χ0v) is 15.5. The molecule has 0 bridgehead atoms. The summed E-state index contributed by atoms with van der Waals surface area (Å²) < 4.78 is 19.1. The molecule has 6 nitrogen and oxygen atoms in total. The molecule has 142 valence electrons. The molecule has 7 heteroatoms. The summed E-state index contributed by atoms with van der Waals surface area (Å²) >= 11 is 0. The van der Waals surface area contributed by atoms with E-state index in [4.69, 9.17) is 4.74 Å². The largest absolute Gasteiger partial charge is 0.465 e. The second-order valence-electron chi connectivity index (χ2n) is 6.72. The van der Waals surface area contributed by atoms with Crippen molar-refractivity contribution in [2.75, 3.05) is 19.7 Å². The fourth-order valence-electron chi connectivity index (χ4n) is 3.61. The molecule has 1 saturated heterocycles. The van der Waals surface area contributed by atoms with E-state index >= 15 is 0 Å². The maximum absolute atomic E-state index is 14.0. The van der Waals surface area contributed by atoms with Gasteiger partial charge in [-0.2, -0.15) is 0 Å². The van der Waals surface area contributed by atoms with Crippen LogP contribution in [0, 0.1) is 18.7 Å². The maximum Gasteiger partial charge on any atom is 0.324 e. The summed E-state index contributed by atoms with van der Waals surface area (Å²) in [6.07, 6.45) is 0.885. The van der Waals surface area contributed by atoms with Gasteiger partial charge in [0.25, 0.3) is 0 Å². The van der Waals surface area contributed by atoms with E-state index in [-0.39, 0.29) is 23.7 Å². The highest BCUT2D eigenvalue weighted by molar-refractivity contribution is 5.87. The predicted molar refractivity (Wildman–Crippen MR) is 99.1 cm³/mol. The molecule has 1 aliphatic heterocycles. The summed E-state index contributed by atoms with van der Waals surface area (Å²) in [5.41, 5.74) is 10.1. The summed E-state index contributed by atoms with van der Waals surface area (Å²) in [4.78, 5) is 15.4. The van der Waals surface area contributed by atoms with E-state index in [0.717, 1.165) is 34.1 Å². The minimum absolute atomic E-state index is 0.0784. The van der Waals surface area contributed by atoms with Crippen LogP contribution in [0.4, 0.5) is 4.39 Å². The number of aryl methyl sites for hydroxylation is 2. The van der Waals surface area contributed by atoms with Crippen LogP contribution in [0.3, 0.4) is 0 Å². The van der Waals surface area contributed by atoms with E-state index in [9.17, 15) is 9.18 Å². The van der Waals surface area contributed by atoms with Crippen LogP contribution < -0.4 is 16.2 Å². The minimum Gasteiger partial charge on any atom is -0.465 e. The van der Waals surface area contributed by atoms with Crippen LogP contribution in [0.25, 0.3) is 10.9 Å². The Morgan fingerprint density at radius 3 is 2.92 bits per heavy atom. The van der Waals surface area contributed by atoms with E-state index in [2.05, 4.69) is 28.1 Å². The number of rotatable bonds is 7. The van der Waals surface area contributed by atoms with Crippen molar-refractivity contribution in [1.82, 2.24) is 21.2 Å². The monoisotopic (exact) mass is 362 g/mol. The van der Waals surface area contributed by atoms with Gasteiger partial charge in [0.1, 0.15) is 11.9 Å². The fraction of sp³-hybridized carbons (Fsp3) is 0.526. The van der Waals surface area contributed by atoms with Gasteiger partial charge in [0.05, 0.1) is 12.1 Å². The Kier molecular flexibility index (Phi) is 5.90. The predicted octanol–water partition coefficient (Wildman–Crippen LogP) is 1.92. The van der Waals surface area contributed by atoms with Crippen LogP contribution in [0.15, 0.2) is 12.1 Å². The molecular weight excluding hydrogens is 335 g/mol. The summed E-state index contributed by atoms with van der Waals surface area (Å²) in [6.45, 7) is 8.10. The number of fused-ring (bicyclic) bond motifs is 1. The molecule has 2 heterocycles. The molecule has 26 heavy (non-hydrogen) atoms. The first-order valence-corrected chi connectivity index (χ1v) is 9.20. The van der Waals surface area contributed by atoms with Gasteiger partial charge in [0.15, 0.2) is 0 Å². The number of aromatic amines is 1. The van der Waals surface area contributed by atoms with Gasteiger partial charge < -0.3 is 15.0 Å². The Labute approximate surface area is 152 Å². The first-order valence-electron chi connectivity index (χ1n) is 9.20. The van der Waals surface area contributed by atoms with E-state index in [0.29, 0.717) is 26.2 Å². The number of hydrogen-bond donors (Lipinski definition) is 4. The molecule has 0 amide bonds. The topological polar surface area (TPSA) is 78.2 Å². The Bertz CT molecular complexity index is 789. The highest BCUT2D eigenvalue weighted by Crippen LogP contribution is 2.26. The molecule has 1 fully saturated rings. The lowest BCUT2D eigenvalue weighted by atomic mass is 10.0. The normalized spacial score (nSPS) is 20.0. The first-order chi connectivity index (χ1) is 12.5. The van der Waals surface area contributed by atoms with Crippen LogP contribution in [0.2, 0.25) is 0 Å². The number of esters is 1. The zero-order valence-electron chi connectivity index (χ0n) is 15.5. The van der Waals surface area contributed by atoms with E-state index in [1.165, 1.54) is 0 Å². The van der Waals surface area contributed by atoms with Gasteiger partial charge in [-0.05, 0) is 43.5 Å². The number of hydrazine groups is 1. The van der Waals surface area contributed by atoms with E-state index in [1.807, 2.05) is 6.92 Å². The lowest BCUT2D eigenvalue weighted by Gasteiger charge is -2.17. The third-order valence-electron chi connectivity index (χ3n) is 5.03. The van der Waals surface area contributed by atoms with Crippen molar-refractivity contribution in [2.24, 2.45) is 5.92 Å². The van der Waals surface area contributed by atoms with Crippen LogP contribution in [0.5, 0.6) is 0 Å². The van der Waals surface area contributed by atoms with Crippen molar-refractivity contribution in [3.63, 3.8) is 0 Å². The van der Waals surface area contributed by atoms with Gasteiger partial charge in [0.2, 0.25) is 0 Å². The molecule has 2 unspecified atom stereocenters. The second-order valence-corrected chi connectivity index (χ2v) is 6.72. The van der Waals surface area contributed by atoms with Crippen LogP contribution >= 0.6 is 0 Å². The SMILES string of the molecule is CCOC(=O)C1NNCC1CNCc1cc(F)cc2c(C)c(CC)[nH]c12. The number of ether oxygens (including phenoxy) is 1. The maximum atomic E-state index is 14.0. The molecule has 4 N–H and O–H groups in total. The van der Waals surface area contributed by atoms with Gasteiger partial charge >= 0.3 is 5.97 Å². The number of carbonyl (C=O) groups is 1. The van der Waals surface area contributed by atoms with Crippen molar-refractivity contribution in [1.29, 1.82) is 0 Å². The molecule has 1 aromatic heterocycles. The van der Waals surface area contributed by atoms with Crippen LogP contribution in [-0.4, -0.2) is 36.7 Å². The van der Waals surface area contributed by atoms with Crippen LogP contribution in [0.1, 0.15) is 30.7 Å². The Morgan fingerprint density at radius 1 is 1.38 bits per heavy atom. The number of benzene rings is 1. The van der Waals surface area contributed by atoms with E-state index < -0.39 is 0 Å². The molecule has 2 aromatic rings. The average molecular weight is 362 g/mol. The van der Waals surface area contributed by atoms with Gasteiger partial charge in [-0.3, -0.25) is 10.2 Å². The third-order valence-corrected chi connectivity index (χ3v) is 5.03. The summed E-state index contributed by atoms with van der Waals surface area (Å²) in [6, 6.07) is 2.79. The van der Waals surface area contributed by atoms with Crippen LogP contribution in [-0.2, 0) is 22.5 Å². The third kappa shape index (κ3) is 3.75. The molecular formula is C19H27FN4O2. The number of aromatic nitrogens is 1. The molecule has 0 aliphatic carbocycles. The Hall–Kier alpha value is -1.96. The van der Waals surface area contributed by atoms with Crippen molar-refractivity contribution < 1.29 is 13.9 Å². The molecule has 0 radical (unpaired) electrons. The van der Waals surface area contributed by atoms with Gasteiger partial charge in [-0.25, -0.2) is 9.82 Å². The molecule has 3 rings (SSSR count). The molecule has 1 aromatic carbocycles. The zero-order chi connectivity index (χ0) is 18.7. The minimum atomic E-state index is -0.366. The van der Waals surface area contributed by atoms with Crippen molar-refractivity contribution in [3.8, 4) is 0 Å². The number of hydrogen-bond acceptors (Lipinski definition) is 5.